The Labute approximate surface area is 102 Å². The summed E-state index contributed by atoms with van der Waals surface area (Å²) in [4.78, 5) is 0. The van der Waals surface area contributed by atoms with Gasteiger partial charge in [0.2, 0.25) is 0 Å². The van der Waals surface area contributed by atoms with Crippen molar-refractivity contribution in [3.05, 3.63) is 27.3 Å². The van der Waals surface area contributed by atoms with Gasteiger partial charge in [-0.2, -0.15) is 0 Å². The van der Waals surface area contributed by atoms with Crippen molar-refractivity contribution in [3.63, 3.8) is 0 Å². The summed E-state index contributed by atoms with van der Waals surface area (Å²) in [5.74, 6) is 0.882. The summed E-state index contributed by atoms with van der Waals surface area (Å²) >= 11 is 6.28. The van der Waals surface area contributed by atoms with Crippen molar-refractivity contribution in [3.8, 4) is 5.75 Å². The van der Waals surface area contributed by atoms with Gasteiger partial charge in [0.15, 0.2) is 0 Å². The minimum Gasteiger partial charge on any atom is -0.496 e. The highest BCUT2D eigenvalue weighted by Crippen LogP contribution is 2.39. The number of halogens is 1. The number of hydrogen-bond acceptors (Lipinski definition) is 2. The fraction of sp³-hybridized carbons (Fsp3) is 0.538. The summed E-state index contributed by atoms with van der Waals surface area (Å²) in [5, 5.41) is 10.1. The minimum atomic E-state index is 0.0340. The van der Waals surface area contributed by atoms with Gasteiger partial charge in [0.25, 0.3) is 0 Å². The molecular weight excluding hydrogens is 224 g/mol. The van der Waals surface area contributed by atoms with Gasteiger partial charge in [-0.1, -0.05) is 18.5 Å². The first-order chi connectivity index (χ1) is 7.45. The maximum Gasteiger partial charge on any atom is 0.125 e. The van der Waals surface area contributed by atoms with Gasteiger partial charge in [0, 0.05) is 23.1 Å². The number of benzene rings is 1. The van der Waals surface area contributed by atoms with Crippen LogP contribution in [0.2, 0.25) is 5.02 Å². The maximum atomic E-state index is 9.29. The van der Waals surface area contributed by atoms with E-state index in [1.165, 1.54) is 0 Å². The van der Waals surface area contributed by atoms with Gasteiger partial charge >= 0.3 is 0 Å². The molecule has 2 nitrogen and oxygen atoms in total. The van der Waals surface area contributed by atoms with E-state index in [-0.39, 0.29) is 12.5 Å². The van der Waals surface area contributed by atoms with Crippen LogP contribution in [-0.2, 0) is 0 Å². The topological polar surface area (TPSA) is 29.5 Å². The van der Waals surface area contributed by atoms with E-state index in [1.807, 2.05) is 27.7 Å². The first-order valence-corrected chi connectivity index (χ1v) is 5.77. The molecule has 0 fully saturated rings. The summed E-state index contributed by atoms with van der Waals surface area (Å²) in [6.45, 7) is 8.01. The molecular formula is C13H19ClO2. The second-order valence-corrected chi connectivity index (χ2v) is 4.60. The first-order valence-electron chi connectivity index (χ1n) is 5.39. The molecule has 1 aromatic carbocycles. The molecule has 0 radical (unpaired) electrons. The van der Waals surface area contributed by atoms with Crippen molar-refractivity contribution < 1.29 is 9.84 Å². The molecule has 90 valence electrons. The molecule has 1 N–H and O–H groups in total. The Kier molecular flexibility index (Phi) is 4.22. The van der Waals surface area contributed by atoms with Gasteiger partial charge in [-0.25, -0.2) is 0 Å². The lowest BCUT2D eigenvalue weighted by atomic mass is 9.91. The number of methoxy groups -OCH3 is 1. The van der Waals surface area contributed by atoms with E-state index in [2.05, 4.69) is 0 Å². The summed E-state index contributed by atoms with van der Waals surface area (Å²) in [5.41, 5.74) is 4.11. The lowest BCUT2D eigenvalue weighted by Crippen LogP contribution is -2.07. The van der Waals surface area contributed by atoms with Crippen LogP contribution in [0.15, 0.2) is 0 Å². The number of aliphatic hydroxyl groups is 1. The van der Waals surface area contributed by atoms with Crippen molar-refractivity contribution in [1.29, 1.82) is 0 Å². The number of ether oxygens (including phenoxy) is 1. The van der Waals surface area contributed by atoms with E-state index in [0.29, 0.717) is 0 Å². The Morgan fingerprint density at radius 3 is 2.19 bits per heavy atom. The van der Waals surface area contributed by atoms with Crippen LogP contribution in [0, 0.1) is 20.8 Å². The van der Waals surface area contributed by atoms with Crippen molar-refractivity contribution in [2.24, 2.45) is 0 Å². The normalized spacial score (nSPS) is 12.7. The Morgan fingerprint density at radius 2 is 1.75 bits per heavy atom. The zero-order valence-corrected chi connectivity index (χ0v) is 11.3. The summed E-state index contributed by atoms with van der Waals surface area (Å²) in [7, 11) is 1.66. The predicted octanol–water partition coefficient (Wildman–Crippen LogP) is 3.37. The van der Waals surface area contributed by atoms with E-state index < -0.39 is 0 Å². The number of hydrogen-bond donors (Lipinski definition) is 1. The molecule has 0 saturated carbocycles. The zero-order valence-electron chi connectivity index (χ0n) is 10.5. The number of rotatable bonds is 3. The van der Waals surface area contributed by atoms with Crippen LogP contribution < -0.4 is 4.74 Å². The van der Waals surface area contributed by atoms with Crippen LogP contribution in [0.1, 0.15) is 35.1 Å². The van der Waals surface area contributed by atoms with Crippen LogP contribution in [0.3, 0.4) is 0 Å². The lowest BCUT2D eigenvalue weighted by Gasteiger charge is -2.21. The van der Waals surface area contributed by atoms with E-state index in [0.717, 1.165) is 33.0 Å². The van der Waals surface area contributed by atoms with Crippen molar-refractivity contribution in [2.45, 2.75) is 33.6 Å². The van der Waals surface area contributed by atoms with Gasteiger partial charge in [-0.15, -0.1) is 0 Å². The third kappa shape index (κ3) is 2.04. The zero-order chi connectivity index (χ0) is 12.5. The fourth-order valence-corrected chi connectivity index (χ4v) is 2.30. The van der Waals surface area contributed by atoms with Gasteiger partial charge in [-0.3, -0.25) is 0 Å². The summed E-state index contributed by atoms with van der Waals surface area (Å²) in [6, 6.07) is 0. The standard InChI is InChI=1S/C13H19ClO2/c1-7(6-15)11-10(4)12(14)8(2)9(3)13(11)16-5/h7,15H,6H2,1-5H3. The van der Waals surface area contributed by atoms with E-state index >= 15 is 0 Å². The fourth-order valence-electron chi connectivity index (χ4n) is 2.05. The second kappa shape index (κ2) is 5.07. The molecule has 1 unspecified atom stereocenters. The van der Waals surface area contributed by atoms with Crippen LogP contribution in [0.4, 0.5) is 0 Å². The van der Waals surface area contributed by atoms with Gasteiger partial charge < -0.3 is 9.84 Å². The average Bonchev–Trinajstić information content (AvgIpc) is 2.29. The van der Waals surface area contributed by atoms with E-state index in [4.69, 9.17) is 16.3 Å². The molecule has 0 spiro atoms. The highest BCUT2D eigenvalue weighted by atomic mass is 35.5. The molecule has 1 rings (SSSR count). The van der Waals surface area contributed by atoms with Gasteiger partial charge in [0.05, 0.1) is 7.11 Å². The minimum absolute atomic E-state index is 0.0340. The van der Waals surface area contributed by atoms with E-state index in [9.17, 15) is 5.11 Å². The molecule has 0 aliphatic heterocycles. The Bertz CT molecular complexity index is 400. The third-order valence-corrected chi connectivity index (χ3v) is 3.75. The monoisotopic (exact) mass is 242 g/mol. The largest absolute Gasteiger partial charge is 0.496 e. The Morgan fingerprint density at radius 1 is 1.19 bits per heavy atom. The van der Waals surface area contributed by atoms with Crippen molar-refractivity contribution in [2.75, 3.05) is 13.7 Å². The van der Waals surface area contributed by atoms with Gasteiger partial charge in [0.1, 0.15) is 5.75 Å². The molecule has 0 bridgehead atoms. The van der Waals surface area contributed by atoms with Crippen LogP contribution in [0.5, 0.6) is 5.75 Å². The molecule has 3 heteroatoms. The molecule has 1 atom stereocenters. The average molecular weight is 243 g/mol. The second-order valence-electron chi connectivity index (χ2n) is 4.22. The van der Waals surface area contributed by atoms with Crippen molar-refractivity contribution in [1.82, 2.24) is 0 Å². The molecule has 0 aliphatic carbocycles. The molecule has 0 aromatic heterocycles. The molecule has 1 aromatic rings. The predicted molar refractivity (Wildman–Crippen MR) is 67.7 cm³/mol. The molecule has 0 heterocycles. The highest BCUT2D eigenvalue weighted by molar-refractivity contribution is 6.32. The van der Waals surface area contributed by atoms with Crippen LogP contribution in [-0.4, -0.2) is 18.8 Å². The third-order valence-electron chi connectivity index (χ3n) is 3.18. The Hall–Kier alpha value is -0.730. The SMILES string of the molecule is COc1c(C)c(C)c(Cl)c(C)c1C(C)CO. The maximum absolute atomic E-state index is 9.29. The molecule has 16 heavy (non-hydrogen) atoms. The quantitative estimate of drug-likeness (QED) is 0.881. The van der Waals surface area contributed by atoms with Crippen molar-refractivity contribution >= 4 is 11.6 Å². The molecule has 0 amide bonds. The summed E-state index contributed by atoms with van der Waals surface area (Å²) < 4.78 is 5.45. The first kappa shape index (κ1) is 13.3. The van der Waals surface area contributed by atoms with Gasteiger partial charge in [-0.05, 0) is 37.5 Å². The summed E-state index contributed by atoms with van der Waals surface area (Å²) in [6.07, 6.45) is 0. The van der Waals surface area contributed by atoms with E-state index in [1.54, 1.807) is 7.11 Å². The van der Waals surface area contributed by atoms with Crippen LogP contribution >= 0.6 is 11.6 Å². The Balaban J connectivity index is 3.57. The molecule has 0 aliphatic rings. The lowest BCUT2D eigenvalue weighted by molar-refractivity contribution is 0.269. The smallest absolute Gasteiger partial charge is 0.125 e. The highest BCUT2D eigenvalue weighted by Gasteiger charge is 2.20. The van der Waals surface area contributed by atoms with Crippen LogP contribution in [0.25, 0.3) is 0 Å². The number of aliphatic hydroxyl groups excluding tert-OH is 1. The molecule has 0 saturated heterocycles.